The molecule has 7 heteroatoms. The zero-order chi connectivity index (χ0) is 19.4. The molecule has 2 N–H and O–H groups in total. The Hall–Kier alpha value is -2.57. The first kappa shape index (κ1) is 19.2. The maximum absolute atomic E-state index is 12.6. The summed E-state index contributed by atoms with van der Waals surface area (Å²) < 4.78 is 5.32. The van der Waals surface area contributed by atoms with Crippen molar-refractivity contribution in [2.24, 2.45) is 11.8 Å². The number of benzene rings is 1. The Balaban J connectivity index is 1.69. The summed E-state index contributed by atoms with van der Waals surface area (Å²) in [6, 6.07) is 5.08. The first-order valence-corrected chi connectivity index (χ1v) is 9.50. The number of carbonyl (C=O) groups is 3. The molecule has 0 unspecified atom stereocenters. The highest BCUT2D eigenvalue weighted by atomic mass is 16.5. The number of amides is 2. The molecule has 1 saturated heterocycles. The molecule has 0 atom stereocenters. The zero-order valence-corrected chi connectivity index (χ0v) is 15.6. The normalized spacial score (nSPS) is 22.3. The summed E-state index contributed by atoms with van der Waals surface area (Å²) in [6.45, 7) is 1.53. The molecule has 146 valence electrons. The number of carboxylic acid groups (broad SMARTS) is 1. The first-order valence-electron chi connectivity index (χ1n) is 9.50. The van der Waals surface area contributed by atoms with Crippen LogP contribution in [0.15, 0.2) is 18.2 Å². The van der Waals surface area contributed by atoms with Crippen molar-refractivity contribution in [3.8, 4) is 5.75 Å². The molecule has 0 bridgehead atoms. The van der Waals surface area contributed by atoms with E-state index in [1.165, 1.54) is 7.11 Å². The molecular formula is C20H26N2O5. The SMILES string of the molecule is COc1ccc(C(=O)N2CCCC2)cc1NC(=O)C1CCC(C(=O)O)CC1. The summed E-state index contributed by atoms with van der Waals surface area (Å²) >= 11 is 0. The predicted molar refractivity (Wildman–Crippen MR) is 99.8 cm³/mol. The van der Waals surface area contributed by atoms with Crippen molar-refractivity contribution < 1.29 is 24.2 Å². The molecule has 0 spiro atoms. The van der Waals surface area contributed by atoms with Crippen LogP contribution in [-0.4, -0.2) is 48.0 Å². The summed E-state index contributed by atoms with van der Waals surface area (Å²) in [5.41, 5.74) is 1.01. The fraction of sp³-hybridized carbons (Fsp3) is 0.550. The third kappa shape index (κ3) is 4.40. The van der Waals surface area contributed by atoms with Crippen molar-refractivity contribution >= 4 is 23.5 Å². The second kappa shape index (κ2) is 8.41. The van der Waals surface area contributed by atoms with Gasteiger partial charge in [-0.15, -0.1) is 0 Å². The Labute approximate surface area is 158 Å². The summed E-state index contributed by atoms with van der Waals surface area (Å²) in [4.78, 5) is 38.1. The third-order valence-electron chi connectivity index (χ3n) is 5.54. The van der Waals surface area contributed by atoms with Gasteiger partial charge in [-0.25, -0.2) is 0 Å². The fourth-order valence-electron chi connectivity index (χ4n) is 3.88. The van der Waals surface area contributed by atoms with E-state index in [0.717, 1.165) is 25.9 Å². The van der Waals surface area contributed by atoms with Crippen LogP contribution in [0.4, 0.5) is 5.69 Å². The maximum atomic E-state index is 12.6. The Bertz CT molecular complexity index is 719. The van der Waals surface area contributed by atoms with Crippen molar-refractivity contribution in [1.82, 2.24) is 4.90 Å². The van der Waals surface area contributed by atoms with Crippen LogP contribution in [0.25, 0.3) is 0 Å². The number of nitrogens with zero attached hydrogens (tertiary/aromatic N) is 1. The molecule has 1 aromatic rings. The molecule has 1 heterocycles. The Morgan fingerprint density at radius 2 is 1.70 bits per heavy atom. The summed E-state index contributed by atoms with van der Waals surface area (Å²) in [5.74, 6) is -1.05. The Kier molecular flexibility index (Phi) is 5.98. The van der Waals surface area contributed by atoms with Gasteiger partial charge in [0.25, 0.3) is 5.91 Å². The molecule has 1 aromatic carbocycles. The van der Waals surface area contributed by atoms with Gasteiger partial charge in [-0.3, -0.25) is 14.4 Å². The van der Waals surface area contributed by atoms with Crippen LogP contribution in [0.2, 0.25) is 0 Å². The maximum Gasteiger partial charge on any atom is 0.306 e. The quantitative estimate of drug-likeness (QED) is 0.826. The lowest BCUT2D eigenvalue weighted by Crippen LogP contribution is -2.30. The van der Waals surface area contributed by atoms with Gasteiger partial charge in [0.2, 0.25) is 5.91 Å². The molecule has 27 heavy (non-hydrogen) atoms. The van der Waals surface area contributed by atoms with Crippen molar-refractivity contribution in [1.29, 1.82) is 0 Å². The third-order valence-corrected chi connectivity index (χ3v) is 5.54. The van der Waals surface area contributed by atoms with Crippen LogP contribution < -0.4 is 10.1 Å². The zero-order valence-electron chi connectivity index (χ0n) is 15.6. The smallest absolute Gasteiger partial charge is 0.306 e. The van der Waals surface area contributed by atoms with E-state index in [0.29, 0.717) is 42.7 Å². The van der Waals surface area contributed by atoms with E-state index in [9.17, 15) is 14.4 Å². The summed E-state index contributed by atoms with van der Waals surface area (Å²) in [5, 5.41) is 12.0. The van der Waals surface area contributed by atoms with Crippen LogP contribution in [-0.2, 0) is 9.59 Å². The van der Waals surface area contributed by atoms with Crippen LogP contribution in [0.3, 0.4) is 0 Å². The molecule has 2 aliphatic rings. The van der Waals surface area contributed by atoms with Gasteiger partial charge in [-0.05, 0) is 56.7 Å². The van der Waals surface area contributed by atoms with Crippen LogP contribution >= 0.6 is 0 Å². The number of methoxy groups -OCH3 is 1. The lowest BCUT2D eigenvalue weighted by molar-refractivity contribution is -0.143. The number of nitrogens with one attached hydrogen (secondary N) is 1. The number of hydrogen-bond donors (Lipinski definition) is 2. The summed E-state index contributed by atoms with van der Waals surface area (Å²) in [6.07, 6.45) is 4.17. The fourth-order valence-corrected chi connectivity index (χ4v) is 3.88. The monoisotopic (exact) mass is 374 g/mol. The molecule has 0 radical (unpaired) electrons. The minimum absolute atomic E-state index is 0.0346. The second-order valence-electron chi connectivity index (χ2n) is 7.29. The number of anilines is 1. The number of carboxylic acids is 1. The van der Waals surface area contributed by atoms with E-state index < -0.39 is 5.97 Å². The van der Waals surface area contributed by atoms with Crippen LogP contribution in [0.5, 0.6) is 5.75 Å². The highest BCUT2D eigenvalue weighted by Gasteiger charge is 2.30. The molecular weight excluding hydrogens is 348 g/mol. The lowest BCUT2D eigenvalue weighted by Gasteiger charge is -2.25. The van der Waals surface area contributed by atoms with E-state index in [4.69, 9.17) is 9.84 Å². The van der Waals surface area contributed by atoms with Crippen LogP contribution in [0.1, 0.15) is 48.9 Å². The van der Waals surface area contributed by atoms with E-state index in [-0.39, 0.29) is 23.7 Å². The van der Waals surface area contributed by atoms with Gasteiger partial charge >= 0.3 is 5.97 Å². The minimum atomic E-state index is -0.788. The molecule has 2 amide bonds. The van der Waals surface area contributed by atoms with E-state index in [1.54, 1.807) is 18.2 Å². The molecule has 1 aliphatic carbocycles. The minimum Gasteiger partial charge on any atom is -0.495 e. The highest BCUT2D eigenvalue weighted by Crippen LogP contribution is 2.32. The predicted octanol–water partition coefficient (Wildman–Crippen LogP) is 2.76. The molecule has 7 nitrogen and oxygen atoms in total. The van der Waals surface area contributed by atoms with Gasteiger partial charge in [0, 0.05) is 24.6 Å². The molecule has 0 aromatic heterocycles. The molecule has 1 saturated carbocycles. The van der Waals surface area contributed by atoms with E-state index >= 15 is 0 Å². The molecule has 1 aliphatic heterocycles. The molecule has 2 fully saturated rings. The topological polar surface area (TPSA) is 95.9 Å². The van der Waals surface area contributed by atoms with Gasteiger partial charge in [0.05, 0.1) is 18.7 Å². The number of hydrogen-bond acceptors (Lipinski definition) is 4. The Morgan fingerprint density at radius 1 is 1.07 bits per heavy atom. The molecule has 3 rings (SSSR count). The van der Waals surface area contributed by atoms with Crippen molar-refractivity contribution in [2.45, 2.75) is 38.5 Å². The van der Waals surface area contributed by atoms with Crippen molar-refractivity contribution in [2.75, 3.05) is 25.5 Å². The number of likely N-dealkylation sites (tertiary alicyclic amines) is 1. The number of rotatable bonds is 5. The lowest BCUT2D eigenvalue weighted by atomic mass is 9.81. The van der Waals surface area contributed by atoms with E-state index in [1.807, 2.05) is 4.90 Å². The van der Waals surface area contributed by atoms with Gasteiger partial charge in [-0.2, -0.15) is 0 Å². The van der Waals surface area contributed by atoms with Gasteiger partial charge < -0.3 is 20.1 Å². The number of carbonyl (C=O) groups excluding carboxylic acids is 2. The van der Waals surface area contributed by atoms with Crippen molar-refractivity contribution in [3.05, 3.63) is 23.8 Å². The Morgan fingerprint density at radius 3 is 2.30 bits per heavy atom. The standard InChI is InChI=1S/C20H26N2O5/c1-27-17-9-8-15(19(24)22-10-2-3-11-22)12-16(17)21-18(23)13-4-6-14(7-5-13)20(25)26/h8-9,12-14H,2-7,10-11H2,1H3,(H,21,23)(H,25,26). The van der Waals surface area contributed by atoms with Crippen molar-refractivity contribution in [3.63, 3.8) is 0 Å². The van der Waals surface area contributed by atoms with Crippen LogP contribution in [0, 0.1) is 11.8 Å². The summed E-state index contributed by atoms with van der Waals surface area (Å²) in [7, 11) is 1.52. The van der Waals surface area contributed by atoms with Gasteiger partial charge in [0.15, 0.2) is 0 Å². The number of aliphatic carboxylic acids is 1. The van der Waals surface area contributed by atoms with Gasteiger partial charge in [0.1, 0.15) is 5.75 Å². The average Bonchev–Trinajstić information content (AvgIpc) is 3.22. The van der Waals surface area contributed by atoms with Gasteiger partial charge in [-0.1, -0.05) is 0 Å². The highest BCUT2D eigenvalue weighted by molar-refractivity contribution is 5.99. The second-order valence-corrected chi connectivity index (χ2v) is 7.29. The average molecular weight is 374 g/mol. The van der Waals surface area contributed by atoms with E-state index in [2.05, 4.69) is 5.32 Å². The first-order chi connectivity index (χ1) is 13.0. The largest absolute Gasteiger partial charge is 0.495 e. The number of ether oxygens (including phenoxy) is 1.